The van der Waals surface area contributed by atoms with Crippen molar-refractivity contribution in [3.63, 3.8) is 0 Å². The summed E-state index contributed by atoms with van der Waals surface area (Å²) in [5, 5.41) is 14.1. The number of β-amino-alcohol motifs (C(OH)–C–C–N with tert-alkyl or cyclic N) is 1. The van der Waals surface area contributed by atoms with Crippen molar-refractivity contribution in [2.24, 2.45) is 0 Å². The summed E-state index contributed by atoms with van der Waals surface area (Å²) >= 11 is 6.99. The number of nitrogens with one attached hydrogen (secondary N) is 1. The Morgan fingerprint density at radius 1 is 0.786 bits per heavy atom. The molecule has 3 atom stereocenters. The first kappa shape index (κ1) is 33.6. The summed E-state index contributed by atoms with van der Waals surface area (Å²) in [5.74, 6) is -1.06. The van der Waals surface area contributed by atoms with Gasteiger partial charge in [0, 0.05) is 21.0 Å². The van der Waals surface area contributed by atoms with Crippen LogP contribution in [0.5, 0.6) is 23.0 Å². The molecule has 0 spiro atoms. The monoisotopic (exact) mass is 705 g/mol. The number of ether oxygens (including phenoxy) is 4. The SMILES string of the molecule is COc1ccc(C(C)C(=O)Oc2ccc(C(O)CNC(C)(C)C)cc2OC(=O)C(C)c2ccc(OC)cc2Br)c(Br)c1. The van der Waals surface area contributed by atoms with Gasteiger partial charge in [-0.25, -0.2) is 0 Å². The van der Waals surface area contributed by atoms with Crippen molar-refractivity contribution in [2.45, 2.75) is 58.1 Å². The smallest absolute Gasteiger partial charge is 0.318 e. The highest BCUT2D eigenvalue weighted by Gasteiger charge is 2.26. The Hall–Kier alpha value is -2.92. The Morgan fingerprint density at radius 2 is 1.26 bits per heavy atom. The van der Waals surface area contributed by atoms with Crippen molar-refractivity contribution in [3.05, 3.63) is 80.2 Å². The highest BCUT2D eigenvalue weighted by atomic mass is 79.9. The van der Waals surface area contributed by atoms with E-state index < -0.39 is 29.9 Å². The van der Waals surface area contributed by atoms with E-state index in [0.717, 1.165) is 0 Å². The summed E-state index contributed by atoms with van der Waals surface area (Å²) in [6.07, 6.45) is -0.895. The molecular formula is C32H37Br2NO7. The van der Waals surface area contributed by atoms with Crippen LogP contribution in [0, 0.1) is 0 Å². The van der Waals surface area contributed by atoms with Crippen LogP contribution in [0.1, 0.15) is 69.2 Å². The van der Waals surface area contributed by atoms with Gasteiger partial charge in [0.15, 0.2) is 11.5 Å². The van der Waals surface area contributed by atoms with E-state index in [1.807, 2.05) is 20.8 Å². The van der Waals surface area contributed by atoms with E-state index in [1.54, 1.807) is 70.5 Å². The fraction of sp³-hybridized carbons (Fsp3) is 0.375. The van der Waals surface area contributed by atoms with E-state index in [-0.39, 0.29) is 23.6 Å². The summed E-state index contributed by atoms with van der Waals surface area (Å²) in [6.45, 7) is 9.70. The number of aliphatic hydroxyl groups is 1. The number of benzene rings is 3. The molecule has 3 unspecified atom stereocenters. The van der Waals surface area contributed by atoms with Crippen LogP contribution in [-0.4, -0.2) is 43.3 Å². The molecule has 3 aromatic rings. The molecule has 0 aromatic heterocycles. The zero-order chi connectivity index (χ0) is 31.2. The van der Waals surface area contributed by atoms with E-state index >= 15 is 0 Å². The van der Waals surface area contributed by atoms with Gasteiger partial charge in [0.2, 0.25) is 0 Å². The molecule has 0 heterocycles. The number of aliphatic hydroxyl groups excluding tert-OH is 1. The van der Waals surface area contributed by atoms with Crippen molar-refractivity contribution in [1.82, 2.24) is 5.32 Å². The van der Waals surface area contributed by atoms with Crippen molar-refractivity contribution in [2.75, 3.05) is 20.8 Å². The first-order chi connectivity index (χ1) is 19.7. The van der Waals surface area contributed by atoms with Crippen LogP contribution in [0.3, 0.4) is 0 Å². The van der Waals surface area contributed by atoms with Crippen LogP contribution in [0.4, 0.5) is 0 Å². The Morgan fingerprint density at radius 3 is 1.69 bits per heavy atom. The van der Waals surface area contributed by atoms with Gasteiger partial charge in [-0.2, -0.15) is 0 Å². The molecule has 0 saturated carbocycles. The van der Waals surface area contributed by atoms with Crippen molar-refractivity contribution in [1.29, 1.82) is 0 Å². The third-order valence-corrected chi connectivity index (χ3v) is 8.03. The molecule has 0 aliphatic carbocycles. The molecule has 42 heavy (non-hydrogen) atoms. The molecule has 2 N–H and O–H groups in total. The van der Waals surface area contributed by atoms with Gasteiger partial charge in [-0.05, 0) is 87.7 Å². The second-order valence-electron chi connectivity index (χ2n) is 10.9. The van der Waals surface area contributed by atoms with E-state index in [9.17, 15) is 14.7 Å². The molecule has 0 bridgehead atoms. The van der Waals surface area contributed by atoms with Gasteiger partial charge in [0.05, 0.1) is 32.2 Å². The summed E-state index contributed by atoms with van der Waals surface area (Å²) in [4.78, 5) is 26.6. The summed E-state index contributed by atoms with van der Waals surface area (Å²) in [7, 11) is 3.13. The fourth-order valence-electron chi connectivity index (χ4n) is 4.04. The number of methoxy groups -OCH3 is 2. The van der Waals surface area contributed by atoms with Gasteiger partial charge in [0.25, 0.3) is 0 Å². The van der Waals surface area contributed by atoms with E-state index in [1.165, 1.54) is 12.1 Å². The predicted molar refractivity (Wildman–Crippen MR) is 169 cm³/mol. The number of carbonyl (C=O) groups excluding carboxylic acids is 2. The minimum atomic E-state index is -0.895. The maximum atomic E-state index is 13.3. The minimum absolute atomic E-state index is 0.0261. The van der Waals surface area contributed by atoms with Crippen LogP contribution in [-0.2, 0) is 9.59 Å². The summed E-state index contributed by atoms with van der Waals surface area (Å²) < 4.78 is 23.5. The highest BCUT2D eigenvalue weighted by Crippen LogP contribution is 2.36. The maximum absolute atomic E-state index is 13.3. The van der Waals surface area contributed by atoms with Crippen LogP contribution in [0.2, 0.25) is 0 Å². The third kappa shape index (κ3) is 8.80. The molecule has 8 nitrogen and oxygen atoms in total. The third-order valence-electron chi connectivity index (χ3n) is 6.65. The van der Waals surface area contributed by atoms with Crippen LogP contribution in [0.15, 0.2) is 63.5 Å². The standard InChI is InChI=1S/C32H37Br2NO7/c1-18(23-11-9-21(39-6)15-25(23)33)30(37)41-28-13-8-20(27(36)17-35-32(3,4)5)14-29(28)42-31(38)19(2)24-12-10-22(40-7)16-26(24)34/h8-16,18-19,27,35-36H,17H2,1-7H3. The topological polar surface area (TPSA) is 103 Å². The highest BCUT2D eigenvalue weighted by molar-refractivity contribution is 9.10. The first-order valence-electron chi connectivity index (χ1n) is 13.4. The van der Waals surface area contributed by atoms with Crippen molar-refractivity contribution >= 4 is 43.8 Å². The molecule has 226 valence electrons. The number of esters is 2. The number of carbonyl (C=O) groups is 2. The van der Waals surface area contributed by atoms with Crippen LogP contribution < -0.4 is 24.3 Å². The Labute approximate surface area is 264 Å². The Balaban J connectivity index is 1.91. The van der Waals surface area contributed by atoms with Gasteiger partial charge >= 0.3 is 11.9 Å². The Bertz CT molecular complexity index is 1420. The predicted octanol–water partition coefficient (Wildman–Crippen LogP) is 7.07. The van der Waals surface area contributed by atoms with E-state index in [0.29, 0.717) is 37.1 Å². The van der Waals surface area contributed by atoms with Crippen molar-refractivity contribution in [3.8, 4) is 23.0 Å². The second kappa shape index (κ2) is 14.5. The summed E-state index contributed by atoms with van der Waals surface area (Å²) in [5.41, 5.74) is 1.69. The lowest BCUT2D eigenvalue weighted by Gasteiger charge is -2.23. The van der Waals surface area contributed by atoms with Crippen LogP contribution in [0.25, 0.3) is 0 Å². The molecule has 10 heteroatoms. The number of halogens is 2. The van der Waals surface area contributed by atoms with Crippen LogP contribution >= 0.6 is 31.9 Å². The number of hydrogen-bond acceptors (Lipinski definition) is 8. The van der Waals surface area contributed by atoms with Gasteiger partial charge in [-0.1, -0.05) is 50.1 Å². The average molecular weight is 707 g/mol. The lowest BCUT2D eigenvalue weighted by molar-refractivity contribution is -0.138. The lowest BCUT2D eigenvalue weighted by Crippen LogP contribution is -2.38. The quantitative estimate of drug-likeness (QED) is 0.161. The number of hydrogen-bond donors (Lipinski definition) is 2. The zero-order valence-electron chi connectivity index (χ0n) is 24.8. The van der Waals surface area contributed by atoms with Gasteiger partial charge < -0.3 is 29.4 Å². The van der Waals surface area contributed by atoms with Crippen molar-refractivity contribution < 1.29 is 33.6 Å². The molecule has 0 fully saturated rings. The van der Waals surface area contributed by atoms with E-state index in [4.69, 9.17) is 18.9 Å². The van der Waals surface area contributed by atoms with Gasteiger partial charge in [-0.15, -0.1) is 0 Å². The maximum Gasteiger partial charge on any atom is 0.318 e. The fourth-order valence-corrected chi connectivity index (χ4v) is 5.44. The largest absolute Gasteiger partial charge is 0.497 e. The first-order valence-corrected chi connectivity index (χ1v) is 15.0. The molecule has 0 amide bonds. The molecule has 0 radical (unpaired) electrons. The zero-order valence-corrected chi connectivity index (χ0v) is 28.0. The molecule has 3 rings (SSSR count). The number of rotatable bonds is 11. The summed E-state index contributed by atoms with van der Waals surface area (Å²) in [6, 6.07) is 15.3. The second-order valence-corrected chi connectivity index (χ2v) is 12.6. The normalized spacial score (nSPS) is 13.6. The molecule has 0 aliphatic heterocycles. The molecule has 0 aliphatic rings. The molecule has 0 saturated heterocycles. The van der Waals surface area contributed by atoms with Gasteiger partial charge in [-0.3, -0.25) is 9.59 Å². The lowest BCUT2D eigenvalue weighted by atomic mass is 10.0. The minimum Gasteiger partial charge on any atom is -0.497 e. The average Bonchev–Trinajstić information content (AvgIpc) is 2.95. The van der Waals surface area contributed by atoms with E-state index in [2.05, 4.69) is 37.2 Å². The Kier molecular flexibility index (Phi) is 11.6. The van der Waals surface area contributed by atoms with Gasteiger partial charge in [0.1, 0.15) is 11.5 Å². The molecular weight excluding hydrogens is 670 g/mol. The molecule has 3 aromatic carbocycles.